The smallest absolute Gasteiger partial charge is 0.323 e. The molecule has 6 nitrogen and oxygen atoms in total. The van der Waals surface area contributed by atoms with Crippen molar-refractivity contribution in [3.05, 3.63) is 29.8 Å². The van der Waals surface area contributed by atoms with E-state index in [0.717, 1.165) is 22.2 Å². The molecule has 2 aromatic rings. The van der Waals surface area contributed by atoms with Crippen molar-refractivity contribution in [2.75, 3.05) is 20.8 Å². The highest BCUT2D eigenvalue weighted by molar-refractivity contribution is 5.82. The summed E-state index contributed by atoms with van der Waals surface area (Å²) < 4.78 is 15.4. The number of hydrogen-bond donors (Lipinski definition) is 1. The van der Waals surface area contributed by atoms with Crippen molar-refractivity contribution in [1.29, 1.82) is 0 Å². The van der Waals surface area contributed by atoms with Crippen LogP contribution in [-0.2, 0) is 16.0 Å². The molecule has 0 saturated carbocycles. The molecule has 0 saturated heterocycles. The lowest BCUT2D eigenvalue weighted by atomic mass is 10.1. The molecule has 118 valence electrons. The van der Waals surface area contributed by atoms with E-state index in [1.54, 1.807) is 14.0 Å². The molecular formula is C16H20N2O4. The Morgan fingerprint density at radius 3 is 2.68 bits per heavy atom. The largest absolute Gasteiger partial charge is 0.497 e. The molecule has 2 N–H and O–H groups in total. The van der Waals surface area contributed by atoms with Crippen LogP contribution in [0.2, 0.25) is 0 Å². The van der Waals surface area contributed by atoms with Gasteiger partial charge in [0.25, 0.3) is 0 Å². The van der Waals surface area contributed by atoms with E-state index in [4.69, 9.17) is 19.9 Å². The maximum absolute atomic E-state index is 11.7. The molecule has 2 rings (SSSR count). The van der Waals surface area contributed by atoms with Crippen LogP contribution in [0.4, 0.5) is 0 Å². The van der Waals surface area contributed by atoms with Gasteiger partial charge in [0.15, 0.2) is 0 Å². The van der Waals surface area contributed by atoms with Crippen molar-refractivity contribution >= 4 is 16.9 Å². The van der Waals surface area contributed by atoms with E-state index in [1.165, 1.54) is 7.11 Å². The lowest BCUT2D eigenvalue weighted by Crippen LogP contribution is -2.34. The molecular weight excluding hydrogens is 284 g/mol. The second kappa shape index (κ2) is 7.09. The lowest BCUT2D eigenvalue weighted by Gasteiger charge is -2.14. The second-order valence-corrected chi connectivity index (χ2v) is 4.78. The first-order valence-electron chi connectivity index (χ1n) is 7.03. The fourth-order valence-electron chi connectivity index (χ4n) is 2.19. The van der Waals surface area contributed by atoms with E-state index >= 15 is 0 Å². The SMILES string of the molecule is CCOC(=O)C(N)Cc1cc2ccc(OC)cc2nc1OC. The van der Waals surface area contributed by atoms with E-state index in [0.29, 0.717) is 18.9 Å². The predicted octanol–water partition coefficient (Wildman–Crippen LogP) is 1.68. The van der Waals surface area contributed by atoms with Gasteiger partial charge in [0, 0.05) is 23.4 Å². The Kier molecular flexibility index (Phi) is 5.16. The number of fused-ring (bicyclic) bond motifs is 1. The van der Waals surface area contributed by atoms with Gasteiger partial charge in [0.2, 0.25) is 5.88 Å². The number of carbonyl (C=O) groups excluding carboxylic acids is 1. The maximum atomic E-state index is 11.7. The van der Waals surface area contributed by atoms with Crippen LogP contribution in [0, 0.1) is 0 Å². The van der Waals surface area contributed by atoms with Crippen LogP contribution >= 0.6 is 0 Å². The Morgan fingerprint density at radius 1 is 1.27 bits per heavy atom. The third-order valence-corrected chi connectivity index (χ3v) is 3.29. The van der Waals surface area contributed by atoms with Gasteiger partial charge in [-0.3, -0.25) is 4.79 Å². The minimum atomic E-state index is -0.744. The molecule has 1 aromatic heterocycles. The van der Waals surface area contributed by atoms with Crippen LogP contribution in [0.15, 0.2) is 24.3 Å². The number of ether oxygens (including phenoxy) is 3. The van der Waals surface area contributed by atoms with E-state index in [2.05, 4.69) is 4.98 Å². The number of aromatic nitrogens is 1. The van der Waals surface area contributed by atoms with Gasteiger partial charge in [-0.15, -0.1) is 0 Å². The van der Waals surface area contributed by atoms with Crippen LogP contribution in [0.3, 0.4) is 0 Å². The van der Waals surface area contributed by atoms with Crippen LogP contribution in [0.5, 0.6) is 11.6 Å². The highest BCUT2D eigenvalue weighted by atomic mass is 16.5. The molecule has 1 heterocycles. The number of nitrogens with zero attached hydrogens (tertiary/aromatic N) is 1. The highest BCUT2D eigenvalue weighted by Crippen LogP contribution is 2.26. The summed E-state index contributed by atoms with van der Waals surface area (Å²) >= 11 is 0. The number of carbonyl (C=O) groups is 1. The van der Waals surface area contributed by atoms with E-state index in [9.17, 15) is 4.79 Å². The number of benzene rings is 1. The molecule has 22 heavy (non-hydrogen) atoms. The number of pyridine rings is 1. The molecule has 1 aromatic carbocycles. The molecule has 0 amide bonds. The van der Waals surface area contributed by atoms with Crippen molar-refractivity contribution in [3.8, 4) is 11.6 Å². The standard InChI is InChI=1S/C16H20N2O4/c1-4-22-16(19)13(17)8-11-7-10-5-6-12(20-2)9-14(10)18-15(11)21-3/h5-7,9,13H,4,8,17H2,1-3H3. The van der Waals surface area contributed by atoms with Crippen molar-refractivity contribution < 1.29 is 19.0 Å². The molecule has 0 fully saturated rings. The first-order chi connectivity index (χ1) is 10.6. The first kappa shape index (κ1) is 16.0. The average molecular weight is 304 g/mol. The van der Waals surface area contributed by atoms with E-state index in [1.807, 2.05) is 24.3 Å². The molecule has 0 aliphatic carbocycles. The molecule has 0 radical (unpaired) electrons. The summed E-state index contributed by atoms with van der Waals surface area (Å²) in [5.41, 5.74) is 7.39. The zero-order chi connectivity index (χ0) is 16.1. The number of rotatable bonds is 6. The summed E-state index contributed by atoms with van der Waals surface area (Å²) in [5.74, 6) is 0.734. The monoisotopic (exact) mass is 304 g/mol. The third-order valence-electron chi connectivity index (χ3n) is 3.29. The van der Waals surface area contributed by atoms with Crippen molar-refractivity contribution in [2.45, 2.75) is 19.4 Å². The summed E-state index contributed by atoms with van der Waals surface area (Å²) in [6, 6.07) is 6.75. The fraction of sp³-hybridized carbons (Fsp3) is 0.375. The lowest BCUT2D eigenvalue weighted by molar-refractivity contribution is -0.144. The van der Waals surface area contributed by atoms with E-state index < -0.39 is 12.0 Å². The summed E-state index contributed by atoms with van der Waals surface area (Å²) in [6.07, 6.45) is 0.303. The van der Waals surface area contributed by atoms with Gasteiger partial charge in [-0.1, -0.05) is 0 Å². The molecule has 1 atom stereocenters. The topological polar surface area (TPSA) is 83.7 Å². The van der Waals surface area contributed by atoms with E-state index in [-0.39, 0.29) is 0 Å². The van der Waals surface area contributed by atoms with Crippen LogP contribution < -0.4 is 15.2 Å². The molecule has 0 aliphatic heterocycles. The Hall–Kier alpha value is -2.34. The minimum absolute atomic E-state index is 0.303. The molecule has 0 aliphatic rings. The third kappa shape index (κ3) is 3.46. The van der Waals surface area contributed by atoms with Gasteiger partial charge in [-0.05, 0) is 25.1 Å². The summed E-state index contributed by atoms with van der Waals surface area (Å²) in [4.78, 5) is 16.1. The first-order valence-corrected chi connectivity index (χ1v) is 7.03. The molecule has 0 bridgehead atoms. The average Bonchev–Trinajstić information content (AvgIpc) is 2.53. The quantitative estimate of drug-likeness (QED) is 0.818. The number of methoxy groups -OCH3 is 2. The molecule has 6 heteroatoms. The number of hydrogen-bond acceptors (Lipinski definition) is 6. The molecule has 0 spiro atoms. The normalized spacial score (nSPS) is 12.0. The van der Waals surface area contributed by atoms with Gasteiger partial charge in [0.05, 0.1) is 26.3 Å². The predicted molar refractivity (Wildman–Crippen MR) is 83.2 cm³/mol. The van der Waals surface area contributed by atoms with Gasteiger partial charge in [-0.25, -0.2) is 4.98 Å². The Morgan fingerprint density at radius 2 is 2.05 bits per heavy atom. The zero-order valence-corrected chi connectivity index (χ0v) is 13.0. The summed E-state index contributed by atoms with van der Waals surface area (Å²) in [6.45, 7) is 2.05. The van der Waals surface area contributed by atoms with Crippen LogP contribution in [0.1, 0.15) is 12.5 Å². The maximum Gasteiger partial charge on any atom is 0.323 e. The van der Waals surface area contributed by atoms with Gasteiger partial charge >= 0.3 is 5.97 Å². The summed E-state index contributed by atoms with van der Waals surface area (Å²) in [7, 11) is 3.14. The number of esters is 1. The van der Waals surface area contributed by atoms with Gasteiger partial charge in [-0.2, -0.15) is 0 Å². The van der Waals surface area contributed by atoms with Gasteiger partial charge < -0.3 is 19.9 Å². The Bertz CT molecular complexity index is 672. The second-order valence-electron chi connectivity index (χ2n) is 4.78. The van der Waals surface area contributed by atoms with Crippen molar-refractivity contribution in [2.24, 2.45) is 5.73 Å². The van der Waals surface area contributed by atoms with Crippen molar-refractivity contribution in [1.82, 2.24) is 4.98 Å². The van der Waals surface area contributed by atoms with Crippen molar-refractivity contribution in [3.63, 3.8) is 0 Å². The number of nitrogens with two attached hydrogens (primary N) is 1. The highest BCUT2D eigenvalue weighted by Gasteiger charge is 2.18. The Labute approximate surface area is 129 Å². The fourth-order valence-corrected chi connectivity index (χ4v) is 2.19. The zero-order valence-electron chi connectivity index (χ0n) is 13.0. The van der Waals surface area contributed by atoms with Gasteiger partial charge in [0.1, 0.15) is 11.8 Å². The minimum Gasteiger partial charge on any atom is -0.497 e. The summed E-state index contributed by atoms with van der Waals surface area (Å²) in [5, 5.41) is 0.924. The van der Waals surface area contributed by atoms with Crippen LogP contribution in [0.25, 0.3) is 10.9 Å². The van der Waals surface area contributed by atoms with Crippen LogP contribution in [-0.4, -0.2) is 37.8 Å². The Balaban J connectivity index is 2.34. The molecule has 1 unspecified atom stereocenters.